The number of aromatic amines is 1. The van der Waals surface area contributed by atoms with Crippen molar-refractivity contribution in [2.75, 3.05) is 0 Å². The summed E-state index contributed by atoms with van der Waals surface area (Å²) in [4.78, 5) is 16.7. The van der Waals surface area contributed by atoms with Crippen LogP contribution in [0.4, 0.5) is 0 Å². The molecule has 6 heteroatoms. The van der Waals surface area contributed by atoms with Gasteiger partial charge in [-0.3, -0.25) is 0 Å². The van der Waals surface area contributed by atoms with Gasteiger partial charge in [-0.25, -0.2) is 0 Å². The van der Waals surface area contributed by atoms with E-state index in [2.05, 4.69) is 35.7 Å². The molecular weight excluding hydrogens is 426 g/mol. The number of fused-ring (bicyclic) bond motifs is 1. The molecule has 2 aromatic heterocycles. The number of nitrogens with zero attached hydrogens (tertiary/aromatic N) is 3. The van der Waals surface area contributed by atoms with Crippen molar-refractivity contribution in [2.45, 2.75) is 82.0 Å². The molecule has 1 N–H and O–H groups in total. The number of rotatable bonds is 11. The van der Waals surface area contributed by atoms with Crippen LogP contribution in [0.3, 0.4) is 0 Å². The van der Waals surface area contributed by atoms with Crippen LogP contribution in [0.5, 0.6) is 0 Å². The Labute approximate surface area is 160 Å². The van der Waals surface area contributed by atoms with Gasteiger partial charge in [0.1, 0.15) is 0 Å². The third-order valence-electron chi connectivity index (χ3n) is 4.65. The van der Waals surface area contributed by atoms with E-state index in [1.807, 2.05) is 0 Å². The number of hydrogen-bond acceptors (Lipinski definition) is 3. The average molecular weight is 456 g/mol. The van der Waals surface area contributed by atoms with Gasteiger partial charge in [-0.05, 0) is 0 Å². The molecule has 0 bridgehead atoms. The van der Waals surface area contributed by atoms with Gasteiger partial charge in [0.05, 0.1) is 0 Å². The van der Waals surface area contributed by atoms with Gasteiger partial charge < -0.3 is 0 Å². The molecule has 2 aromatic rings. The third kappa shape index (κ3) is 5.32. The number of H-pyrrole nitrogens is 1. The number of halogens is 1. The Hall–Kier alpha value is -0.361. The zero-order valence-corrected chi connectivity index (χ0v) is 18.8. The van der Waals surface area contributed by atoms with Crippen molar-refractivity contribution in [3.05, 3.63) is 11.5 Å². The molecule has 0 aromatic carbocycles. The molecule has 0 fully saturated rings. The molecule has 4 nitrogen and oxygen atoms in total. The van der Waals surface area contributed by atoms with Crippen LogP contribution < -0.4 is 3.84 Å². The molecule has 0 atom stereocenters. The van der Waals surface area contributed by atoms with Crippen LogP contribution in [0.15, 0.2) is 6.33 Å². The Morgan fingerprint density at radius 1 is 1.00 bits per heavy atom. The monoisotopic (exact) mass is 456 g/mol. The molecule has 2 radical (unpaired) electrons. The third-order valence-corrected chi connectivity index (χ3v) is 9.85. The van der Waals surface area contributed by atoms with Gasteiger partial charge in [-0.15, -0.1) is 0 Å². The normalized spacial score (nSPS) is 12.2. The average Bonchev–Trinajstić information content (AvgIpc) is 3.05. The summed E-state index contributed by atoms with van der Waals surface area (Å²) in [5, 5.41) is 0.531. The van der Waals surface area contributed by atoms with E-state index in [1.54, 1.807) is 6.33 Å². The van der Waals surface area contributed by atoms with Crippen LogP contribution in [0, 0.1) is 0 Å². The van der Waals surface area contributed by atoms with Crippen LogP contribution in [0.25, 0.3) is 11.2 Å². The van der Waals surface area contributed by atoms with E-state index in [-0.39, 0.29) is 0 Å². The summed E-state index contributed by atoms with van der Waals surface area (Å²) in [6.45, 7) is 6.87. The summed E-state index contributed by atoms with van der Waals surface area (Å²) in [6.07, 6.45) is 13.4. The Balaban J connectivity index is 2.28. The number of aromatic nitrogens is 4. The SMILES string of the molecule is CCCC[C](CCCC)(CCCC)[Sn][c]1nc(Cl)c2[nH]cnc2n1. The first-order valence-corrected chi connectivity index (χ1v) is 12.5. The minimum absolute atomic E-state index is 0.471. The zero-order valence-electron chi connectivity index (χ0n) is 15.2. The molecule has 0 aliphatic carbocycles. The van der Waals surface area contributed by atoms with Crippen LogP contribution in [0.1, 0.15) is 78.6 Å². The van der Waals surface area contributed by atoms with Gasteiger partial charge >= 0.3 is 161 Å². The quantitative estimate of drug-likeness (QED) is 0.380. The van der Waals surface area contributed by atoms with E-state index < -0.39 is 21.1 Å². The minimum atomic E-state index is -0.956. The van der Waals surface area contributed by atoms with Gasteiger partial charge in [0, 0.05) is 0 Å². The summed E-state index contributed by atoms with van der Waals surface area (Å²) in [5.41, 5.74) is 1.49. The molecule has 0 unspecified atom stereocenters. The van der Waals surface area contributed by atoms with Crippen LogP contribution >= 0.6 is 11.6 Å². The Bertz CT molecular complexity index is 607. The molecule has 2 heterocycles. The Morgan fingerprint density at radius 2 is 1.58 bits per heavy atom. The summed E-state index contributed by atoms with van der Waals surface area (Å²) in [5.74, 6) is 0. The predicted octanol–water partition coefficient (Wildman–Crippen LogP) is 5.07. The fourth-order valence-electron chi connectivity index (χ4n) is 3.20. The topological polar surface area (TPSA) is 54.5 Å². The second kappa shape index (κ2) is 9.95. The number of imidazole rings is 1. The van der Waals surface area contributed by atoms with Crippen molar-refractivity contribution >= 4 is 47.7 Å². The molecular formula is C18H29ClN4Sn. The first-order valence-electron chi connectivity index (χ1n) is 9.29. The van der Waals surface area contributed by atoms with E-state index in [0.717, 1.165) is 15.0 Å². The number of hydrogen-bond donors (Lipinski definition) is 1. The molecule has 2 rings (SSSR count). The molecule has 0 aliphatic heterocycles. The first kappa shape index (κ1) is 20.0. The van der Waals surface area contributed by atoms with Crippen molar-refractivity contribution in [1.29, 1.82) is 0 Å². The second-order valence-corrected chi connectivity index (χ2v) is 12.0. The molecule has 0 saturated carbocycles. The molecule has 0 spiro atoms. The van der Waals surface area contributed by atoms with Gasteiger partial charge in [0.15, 0.2) is 0 Å². The van der Waals surface area contributed by atoms with Crippen molar-refractivity contribution in [2.24, 2.45) is 0 Å². The van der Waals surface area contributed by atoms with Crippen LogP contribution in [-0.4, -0.2) is 41.1 Å². The second-order valence-electron chi connectivity index (χ2n) is 6.66. The number of unbranched alkanes of at least 4 members (excludes halogenated alkanes) is 3. The molecule has 0 aliphatic rings. The first-order chi connectivity index (χ1) is 11.6. The van der Waals surface area contributed by atoms with Crippen molar-refractivity contribution in [3.63, 3.8) is 0 Å². The maximum atomic E-state index is 6.35. The Kier molecular flexibility index (Phi) is 8.27. The number of nitrogens with one attached hydrogen (secondary N) is 1. The van der Waals surface area contributed by atoms with Crippen molar-refractivity contribution < 1.29 is 0 Å². The molecule has 0 saturated heterocycles. The molecule has 0 amide bonds. The van der Waals surface area contributed by atoms with E-state index in [0.29, 0.717) is 8.58 Å². The van der Waals surface area contributed by atoms with E-state index in [9.17, 15) is 0 Å². The Morgan fingerprint density at radius 3 is 2.12 bits per heavy atom. The molecule has 132 valence electrons. The summed E-state index contributed by atoms with van der Waals surface area (Å²) in [6, 6.07) is 0. The van der Waals surface area contributed by atoms with Gasteiger partial charge in [0.25, 0.3) is 0 Å². The van der Waals surface area contributed by atoms with Crippen molar-refractivity contribution in [1.82, 2.24) is 19.9 Å². The van der Waals surface area contributed by atoms with Crippen LogP contribution in [0.2, 0.25) is 8.58 Å². The van der Waals surface area contributed by atoms with Crippen molar-refractivity contribution in [3.8, 4) is 0 Å². The predicted molar refractivity (Wildman–Crippen MR) is 103 cm³/mol. The zero-order chi connectivity index (χ0) is 17.4. The van der Waals surface area contributed by atoms with Gasteiger partial charge in [-0.2, -0.15) is 0 Å². The van der Waals surface area contributed by atoms with Crippen LogP contribution in [-0.2, 0) is 0 Å². The maximum absolute atomic E-state index is 6.35. The van der Waals surface area contributed by atoms with E-state index in [4.69, 9.17) is 16.6 Å². The summed E-state index contributed by atoms with van der Waals surface area (Å²) in [7, 11) is 0. The standard InChI is InChI=1S/C13H27.C5H2ClN4.Sn/c1-4-7-10-13(11-8-5-2)12-9-6-3;6-4-3-5(9-1-7-3)10-2-8-4;/h4-12H2,1-3H3;1H,(H,7,8,9,10);. The fourth-order valence-corrected chi connectivity index (χ4v) is 8.50. The van der Waals surface area contributed by atoms with E-state index >= 15 is 0 Å². The van der Waals surface area contributed by atoms with Gasteiger partial charge in [-0.1, -0.05) is 0 Å². The molecule has 24 heavy (non-hydrogen) atoms. The summed E-state index contributed by atoms with van der Waals surface area (Å²) < 4.78 is 1.49. The van der Waals surface area contributed by atoms with Gasteiger partial charge in [0.2, 0.25) is 0 Å². The fraction of sp³-hybridized carbons (Fsp3) is 0.722. The van der Waals surface area contributed by atoms with E-state index in [1.165, 1.54) is 57.8 Å². The summed E-state index contributed by atoms with van der Waals surface area (Å²) >= 11 is 5.39.